The van der Waals surface area contributed by atoms with Gasteiger partial charge in [-0.2, -0.15) is 0 Å². The van der Waals surface area contributed by atoms with Crippen LogP contribution in [0.2, 0.25) is 0 Å². The van der Waals surface area contributed by atoms with E-state index >= 15 is 0 Å². The zero-order valence-electron chi connectivity index (χ0n) is 11.1. The van der Waals surface area contributed by atoms with Crippen LogP contribution in [0.5, 0.6) is 0 Å². The van der Waals surface area contributed by atoms with Crippen LogP contribution in [-0.4, -0.2) is 49.6 Å². The molecule has 2 unspecified atom stereocenters. The highest BCUT2D eigenvalue weighted by Crippen LogP contribution is 2.19. The smallest absolute Gasteiger partial charge is 0.240 e. The van der Waals surface area contributed by atoms with Gasteiger partial charge in [0, 0.05) is 13.1 Å². The molecule has 98 valence electrons. The largest absolute Gasteiger partial charge is 0.354 e. The Morgan fingerprint density at radius 1 is 1.53 bits per heavy atom. The SMILES string of the molecule is CN1CCCC(CNC(=O)C2(C)CCCN2)C1. The molecule has 0 aromatic carbocycles. The van der Waals surface area contributed by atoms with Gasteiger partial charge in [0.15, 0.2) is 0 Å². The number of nitrogens with one attached hydrogen (secondary N) is 2. The van der Waals surface area contributed by atoms with Crippen LogP contribution in [0.3, 0.4) is 0 Å². The molecule has 4 nitrogen and oxygen atoms in total. The van der Waals surface area contributed by atoms with E-state index in [0.29, 0.717) is 5.92 Å². The Morgan fingerprint density at radius 3 is 3.00 bits per heavy atom. The van der Waals surface area contributed by atoms with Gasteiger partial charge in [0.25, 0.3) is 0 Å². The molecule has 0 spiro atoms. The number of likely N-dealkylation sites (tertiary alicyclic amines) is 1. The molecule has 0 saturated carbocycles. The predicted octanol–water partition coefficient (Wildman–Crippen LogP) is 0.587. The summed E-state index contributed by atoms with van der Waals surface area (Å²) in [6.45, 7) is 6.13. The summed E-state index contributed by atoms with van der Waals surface area (Å²) in [6.07, 6.45) is 4.57. The number of piperidine rings is 1. The lowest BCUT2D eigenvalue weighted by Gasteiger charge is -2.31. The van der Waals surface area contributed by atoms with E-state index in [-0.39, 0.29) is 11.4 Å². The molecule has 0 aromatic heterocycles. The van der Waals surface area contributed by atoms with E-state index in [2.05, 4.69) is 22.6 Å². The van der Waals surface area contributed by atoms with Crippen molar-refractivity contribution in [3.05, 3.63) is 0 Å². The number of rotatable bonds is 3. The quantitative estimate of drug-likeness (QED) is 0.757. The molecule has 0 radical (unpaired) electrons. The summed E-state index contributed by atoms with van der Waals surface area (Å²) in [5.41, 5.74) is -0.319. The highest BCUT2D eigenvalue weighted by molar-refractivity contribution is 5.86. The summed E-state index contributed by atoms with van der Waals surface area (Å²) in [7, 11) is 2.16. The van der Waals surface area contributed by atoms with E-state index in [1.807, 2.05) is 6.92 Å². The van der Waals surface area contributed by atoms with Crippen LogP contribution in [0.15, 0.2) is 0 Å². The molecular formula is C13H25N3O. The summed E-state index contributed by atoms with van der Waals surface area (Å²) in [6, 6.07) is 0. The molecule has 2 N–H and O–H groups in total. The highest BCUT2D eigenvalue weighted by Gasteiger charge is 2.35. The van der Waals surface area contributed by atoms with Crippen molar-refractivity contribution in [1.29, 1.82) is 0 Å². The molecule has 17 heavy (non-hydrogen) atoms. The first kappa shape index (κ1) is 12.8. The van der Waals surface area contributed by atoms with E-state index in [4.69, 9.17) is 0 Å². The van der Waals surface area contributed by atoms with Gasteiger partial charge < -0.3 is 15.5 Å². The van der Waals surface area contributed by atoms with E-state index in [1.54, 1.807) is 0 Å². The van der Waals surface area contributed by atoms with Crippen molar-refractivity contribution >= 4 is 5.91 Å². The Labute approximate surface area is 104 Å². The van der Waals surface area contributed by atoms with Crippen molar-refractivity contribution in [3.8, 4) is 0 Å². The lowest BCUT2D eigenvalue weighted by atomic mass is 9.96. The first-order valence-corrected chi connectivity index (χ1v) is 6.82. The summed E-state index contributed by atoms with van der Waals surface area (Å²) >= 11 is 0. The van der Waals surface area contributed by atoms with Gasteiger partial charge in [-0.15, -0.1) is 0 Å². The Morgan fingerprint density at radius 2 is 2.35 bits per heavy atom. The predicted molar refractivity (Wildman–Crippen MR) is 68.9 cm³/mol. The van der Waals surface area contributed by atoms with Gasteiger partial charge in [0.2, 0.25) is 5.91 Å². The second-order valence-corrected chi connectivity index (χ2v) is 5.84. The number of carbonyl (C=O) groups excluding carboxylic acids is 1. The summed E-state index contributed by atoms with van der Waals surface area (Å²) < 4.78 is 0. The average Bonchev–Trinajstić information content (AvgIpc) is 2.74. The molecule has 2 rings (SSSR count). The number of amides is 1. The van der Waals surface area contributed by atoms with Crippen molar-refractivity contribution in [2.75, 3.05) is 33.2 Å². The highest BCUT2D eigenvalue weighted by atomic mass is 16.2. The number of hydrogen-bond donors (Lipinski definition) is 2. The summed E-state index contributed by atoms with van der Waals surface area (Å²) in [5.74, 6) is 0.811. The zero-order valence-corrected chi connectivity index (χ0v) is 11.1. The third-order valence-corrected chi connectivity index (χ3v) is 4.14. The molecule has 2 heterocycles. The standard InChI is InChI=1S/C13H25N3O/c1-13(6-4-7-15-13)12(17)14-9-11-5-3-8-16(2)10-11/h11,15H,3-10H2,1-2H3,(H,14,17). The molecule has 0 bridgehead atoms. The summed E-state index contributed by atoms with van der Waals surface area (Å²) in [4.78, 5) is 14.5. The number of nitrogens with zero attached hydrogens (tertiary/aromatic N) is 1. The lowest BCUT2D eigenvalue weighted by molar-refractivity contribution is -0.126. The van der Waals surface area contributed by atoms with Gasteiger partial charge >= 0.3 is 0 Å². The molecule has 0 aromatic rings. The van der Waals surface area contributed by atoms with E-state index in [9.17, 15) is 4.79 Å². The van der Waals surface area contributed by atoms with Gasteiger partial charge in [0.1, 0.15) is 0 Å². The van der Waals surface area contributed by atoms with Crippen molar-refractivity contribution in [1.82, 2.24) is 15.5 Å². The number of carbonyl (C=O) groups is 1. The van der Waals surface area contributed by atoms with Gasteiger partial charge in [-0.25, -0.2) is 0 Å². The van der Waals surface area contributed by atoms with Crippen molar-refractivity contribution in [3.63, 3.8) is 0 Å². The van der Waals surface area contributed by atoms with Crippen LogP contribution >= 0.6 is 0 Å². The zero-order chi connectivity index (χ0) is 12.3. The Kier molecular flexibility index (Phi) is 4.05. The maximum atomic E-state index is 12.1. The minimum atomic E-state index is -0.319. The molecular weight excluding hydrogens is 214 g/mol. The van der Waals surface area contributed by atoms with Gasteiger partial charge in [-0.1, -0.05) is 0 Å². The summed E-state index contributed by atoms with van der Waals surface area (Å²) in [5, 5.41) is 6.43. The van der Waals surface area contributed by atoms with Crippen molar-refractivity contribution in [2.24, 2.45) is 5.92 Å². The molecule has 2 aliphatic rings. The molecule has 0 aliphatic carbocycles. The average molecular weight is 239 g/mol. The minimum Gasteiger partial charge on any atom is -0.354 e. The van der Waals surface area contributed by atoms with Crippen molar-refractivity contribution in [2.45, 2.75) is 38.1 Å². The van der Waals surface area contributed by atoms with Gasteiger partial charge in [0.05, 0.1) is 5.54 Å². The lowest BCUT2D eigenvalue weighted by Crippen LogP contribution is -2.52. The third-order valence-electron chi connectivity index (χ3n) is 4.14. The Hall–Kier alpha value is -0.610. The fourth-order valence-corrected chi connectivity index (χ4v) is 2.96. The second kappa shape index (κ2) is 5.36. The topological polar surface area (TPSA) is 44.4 Å². The van der Waals surface area contributed by atoms with Gasteiger partial charge in [-0.3, -0.25) is 4.79 Å². The van der Waals surface area contributed by atoms with E-state index in [1.165, 1.54) is 19.4 Å². The van der Waals surface area contributed by atoms with Gasteiger partial charge in [-0.05, 0) is 58.7 Å². The van der Waals surface area contributed by atoms with E-state index in [0.717, 1.165) is 32.5 Å². The normalized spacial score (nSPS) is 34.8. The van der Waals surface area contributed by atoms with Crippen LogP contribution < -0.4 is 10.6 Å². The minimum absolute atomic E-state index is 0.184. The molecule has 2 saturated heterocycles. The van der Waals surface area contributed by atoms with Crippen LogP contribution in [0.1, 0.15) is 32.6 Å². The number of hydrogen-bond acceptors (Lipinski definition) is 3. The van der Waals surface area contributed by atoms with Crippen LogP contribution in [-0.2, 0) is 4.79 Å². The first-order chi connectivity index (χ1) is 8.10. The Bertz CT molecular complexity index is 274. The van der Waals surface area contributed by atoms with Crippen LogP contribution in [0.25, 0.3) is 0 Å². The van der Waals surface area contributed by atoms with Crippen LogP contribution in [0.4, 0.5) is 0 Å². The molecule has 1 amide bonds. The van der Waals surface area contributed by atoms with E-state index < -0.39 is 0 Å². The molecule has 2 fully saturated rings. The first-order valence-electron chi connectivity index (χ1n) is 6.82. The molecule has 2 atom stereocenters. The molecule has 4 heteroatoms. The maximum absolute atomic E-state index is 12.1. The molecule has 2 aliphatic heterocycles. The Balaban J connectivity index is 1.75. The second-order valence-electron chi connectivity index (χ2n) is 5.84. The van der Waals surface area contributed by atoms with Crippen LogP contribution in [0, 0.1) is 5.92 Å². The monoisotopic (exact) mass is 239 g/mol. The fraction of sp³-hybridized carbons (Fsp3) is 0.923. The maximum Gasteiger partial charge on any atom is 0.240 e. The fourth-order valence-electron chi connectivity index (χ4n) is 2.96. The van der Waals surface area contributed by atoms with Crippen molar-refractivity contribution < 1.29 is 4.79 Å². The third kappa shape index (κ3) is 3.19.